The average Bonchev–Trinajstić information content (AvgIpc) is 2.38. The lowest BCUT2D eigenvalue weighted by molar-refractivity contribution is -0.175. The average molecular weight is 224 g/mol. The van der Waals surface area contributed by atoms with E-state index in [-0.39, 0.29) is 0 Å². The van der Waals surface area contributed by atoms with Crippen molar-refractivity contribution in [1.82, 2.24) is 0 Å². The van der Waals surface area contributed by atoms with Gasteiger partial charge in [-0.05, 0) is 0 Å². The van der Waals surface area contributed by atoms with E-state index in [1.54, 1.807) is 0 Å². The smallest absolute Gasteiger partial charge is 0.403 e. The highest BCUT2D eigenvalue weighted by Gasteiger charge is 2.53. The number of halogens is 1. The molecule has 0 N–H and O–H groups in total. The van der Waals surface area contributed by atoms with Gasteiger partial charge < -0.3 is 4.74 Å². The van der Waals surface area contributed by atoms with Crippen molar-refractivity contribution in [1.29, 1.82) is 0 Å². The van der Waals surface area contributed by atoms with Gasteiger partial charge in [0.25, 0.3) is 0 Å². The first-order valence-corrected chi connectivity index (χ1v) is 4.62. The van der Waals surface area contributed by atoms with E-state index in [0.717, 1.165) is 0 Å². The highest BCUT2D eigenvalue weighted by Crippen LogP contribution is 2.27. The summed E-state index contributed by atoms with van der Waals surface area (Å²) in [5, 5.41) is 0. The second kappa shape index (κ2) is 3.53. The largest absolute Gasteiger partial charge is 0.448 e. The van der Waals surface area contributed by atoms with Gasteiger partial charge in [0.15, 0.2) is 6.61 Å². The molecule has 0 radical (unpaired) electrons. The zero-order valence-electron chi connectivity index (χ0n) is 6.73. The predicted molar refractivity (Wildman–Crippen MR) is 39.6 cm³/mol. The maximum Gasteiger partial charge on any atom is 0.403 e. The van der Waals surface area contributed by atoms with Crippen LogP contribution >= 0.6 is 0 Å². The first-order valence-electron chi connectivity index (χ1n) is 3.29. The lowest BCUT2D eigenvalue weighted by Crippen LogP contribution is -2.38. The molecule has 1 fully saturated rings. The Bertz CT molecular complexity index is 382. The summed E-state index contributed by atoms with van der Waals surface area (Å²) in [6.07, 6.45) is 4.73. The van der Waals surface area contributed by atoms with Gasteiger partial charge in [0.05, 0.1) is 0 Å². The molecule has 0 spiro atoms. The van der Waals surface area contributed by atoms with Crippen LogP contribution in [0.2, 0.25) is 0 Å². The van der Waals surface area contributed by atoms with Crippen molar-refractivity contribution in [3.8, 4) is 12.3 Å². The molecule has 1 aliphatic heterocycles. The molecule has 0 aliphatic carbocycles. The summed E-state index contributed by atoms with van der Waals surface area (Å²) < 4.78 is 46.0. The molecular weight excluding hydrogens is 219 g/mol. The van der Waals surface area contributed by atoms with Crippen molar-refractivity contribution in [3.63, 3.8) is 0 Å². The fourth-order valence-electron chi connectivity index (χ4n) is 0.666. The summed E-state index contributed by atoms with van der Waals surface area (Å²) in [4.78, 5) is 10.9. The molecule has 0 saturated carbocycles. The zero-order valence-corrected chi connectivity index (χ0v) is 7.54. The third kappa shape index (κ3) is 2.20. The molecule has 6 nitrogen and oxygen atoms in total. The molecule has 1 unspecified atom stereocenters. The van der Waals surface area contributed by atoms with Crippen molar-refractivity contribution in [2.24, 2.45) is 0 Å². The van der Waals surface area contributed by atoms with Crippen LogP contribution in [0.25, 0.3) is 0 Å². The topological polar surface area (TPSA) is 78.9 Å². The molecule has 1 aliphatic rings. The normalized spacial score (nSPS) is 29.4. The van der Waals surface area contributed by atoms with E-state index in [9.17, 15) is 17.6 Å². The maximum absolute atomic E-state index is 13.3. The summed E-state index contributed by atoms with van der Waals surface area (Å²) in [6, 6.07) is 0. The van der Waals surface area contributed by atoms with E-state index < -0.39 is 35.4 Å². The number of hydrogen-bond donors (Lipinski definition) is 0. The van der Waals surface area contributed by atoms with Crippen molar-refractivity contribution in [2.75, 3.05) is 13.2 Å². The van der Waals surface area contributed by atoms with E-state index in [0.29, 0.717) is 0 Å². The van der Waals surface area contributed by atoms with E-state index in [1.165, 1.54) is 0 Å². The molecule has 1 atom stereocenters. The van der Waals surface area contributed by atoms with Crippen LogP contribution in [-0.4, -0.2) is 33.5 Å². The number of hydrogen-bond acceptors (Lipinski definition) is 6. The van der Waals surface area contributed by atoms with E-state index in [2.05, 4.69) is 13.1 Å². The van der Waals surface area contributed by atoms with Crippen LogP contribution in [0.4, 0.5) is 4.39 Å². The summed E-state index contributed by atoms with van der Waals surface area (Å²) in [5.41, 5.74) is 0. The third-order valence-corrected chi connectivity index (χ3v) is 2.09. The molecule has 1 rings (SSSR count). The molecule has 1 saturated heterocycles. The second-order valence-corrected chi connectivity index (χ2v) is 3.48. The fraction of sp³-hybridized carbons (Fsp3) is 0.500. The van der Waals surface area contributed by atoms with Crippen LogP contribution < -0.4 is 0 Å². The third-order valence-electron chi connectivity index (χ3n) is 1.21. The lowest BCUT2D eigenvalue weighted by Gasteiger charge is -2.11. The highest BCUT2D eigenvalue weighted by atomic mass is 32.3. The number of ether oxygens (including phenoxy) is 1. The number of carbonyl (C=O) groups is 1. The van der Waals surface area contributed by atoms with Gasteiger partial charge in [-0.25, -0.2) is 8.98 Å². The summed E-state index contributed by atoms with van der Waals surface area (Å²) in [7, 11) is -4.45. The number of esters is 1. The number of carbonyl (C=O) groups excluding carboxylic acids is 1. The SMILES string of the molecule is C#CCOC(=O)C1(F)COS(=O)(=O)O1. The molecule has 0 aromatic carbocycles. The molecule has 1 heterocycles. The molecule has 78 valence electrons. The van der Waals surface area contributed by atoms with Crippen LogP contribution in [0.3, 0.4) is 0 Å². The molecule has 8 heteroatoms. The zero-order chi connectivity index (χ0) is 10.8. The van der Waals surface area contributed by atoms with E-state index in [4.69, 9.17) is 6.42 Å². The van der Waals surface area contributed by atoms with Crippen LogP contribution in [-0.2, 0) is 28.3 Å². The summed E-state index contributed by atoms with van der Waals surface area (Å²) in [6.45, 7) is -1.55. The highest BCUT2D eigenvalue weighted by molar-refractivity contribution is 7.82. The molecule has 14 heavy (non-hydrogen) atoms. The van der Waals surface area contributed by atoms with E-state index >= 15 is 0 Å². The monoisotopic (exact) mass is 224 g/mol. The standard InChI is InChI=1S/C6H5FO6S/c1-2-3-11-5(8)6(7)4-12-14(9,10)13-6/h1H,3-4H2. The summed E-state index contributed by atoms with van der Waals surface area (Å²) >= 11 is 0. The Labute approximate surface area is 79.3 Å². The Morgan fingerprint density at radius 2 is 2.36 bits per heavy atom. The molecule has 0 aromatic rings. The molecule has 0 aromatic heterocycles. The molecular formula is C6H5FO6S. The quantitative estimate of drug-likeness (QED) is 0.447. The van der Waals surface area contributed by atoms with Gasteiger partial charge in [0.2, 0.25) is 0 Å². The van der Waals surface area contributed by atoms with Crippen molar-refractivity contribution in [2.45, 2.75) is 5.85 Å². The van der Waals surface area contributed by atoms with Gasteiger partial charge >= 0.3 is 22.2 Å². The Balaban J connectivity index is 2.69. The van der Waals surface area contributed by atoms with Crippen molar-refractivity contribution >= 4 is 16.4 Å². The second-order valence-electron chi connectivity index (χ2n) is 2.26. The van der Waals surface area contributed by atoms with Crippen LogP contribution in [0.1, 0.15) is 0 Å². The van der Waals surface area contributed by atoms with Gasteiger partial charge in [-0.15, -0.1) is 6.42 Å². The van der Waals surface area contributed by atoms with Crippen LogP contribution in [0.15, 0.2) is 0 Å². The maximum atomic E-state index is 13.3. The van der Waals surface area contributed by atoms with E-state index in [1.807, 2.05) is 5.92 Å². The first-order chi connectivity index (χ1) is 6.40. The van der Waals surface area contributed by atoms with Crippen LogP contribution in [0, 0.1) is 12.3 Å². The number of rotatable bonds is 2. The van der Waals surface area contributed by atoms with Crippen LogP contribution in [0.5, 0.6) is 0 Å². The Kier molecular flexibility index (Phi) is 2.75. The van der Waals surface area contributed by atoms with Gasteiger partial charge in [-0.1, -0.05) is 5.92 Å². The minimum atomic E-state index is -4.45. The van der Waals surface area contributed by atoms with Crippen molar-refractivity contribution < 1.29 is 30.7 Å². The van der Waals surface area contributed by atoms with Gasteiger partial charge in [-0.2, -0.15) is 17.0 Å². The van der Waals surface area contributed by atoms with Gasteiger partial charge in [0, 0.05) is 0 Å². The minimum absolute atomic E-state index is 0.478. The molecule has 0 bridgehead atoms. The Morgan fingerprint density at radius 1 is 1.71 bits per heavy atom. The first kappa shape index (κ1) is 10.9. The Hall–Kier alpha value is -1.17. The summed E-state index contributed by atoms with van der Waals surface area (Å²) in [5.74, 6) is -2.76. The molecule has 0 amide bonds. The fourth-order valence-corrected chi connectivity index (χ4v) is 1.45. The lowest BCUT2D eigenvalue weighted by atomic mass is 10.3. The van der Waals surface area contributed by atoms with Gasteiger partial charge in [0.1, 0.15) is 6.61 Å². The van der Waals surface area contributed by atoms with Gasteiger partial charge in [-0.3, -0.25) is 0 Å². The Morgan fingerprint density at radius 3 is 2.79 bits per heavy atom. The predicted octanol–water partition coefficient (Wildman–Crippen LogP) is -0.880. The number of alkyl halides is 1. The number of terminal acetylenes is 1. The van der Waals surface area contributed by atoms with Crippen molar-refractivity contribution in [3.05, 3.63) is 0 Å². The minimum Gasteiger partial charge on any atom is -0.448 e.